The molecule has 162 valence electrons. The second-order valence-corrected chi connectivity index (χ2v) is 9.96. The summed E-state index contributed by atoms with van der Waals surface area (Å²) in [5.41, 5.74) is 5.53. The number of hydrazine groups is 1. The fourth-order valence-corrected chi connectivity index (χ4v) is 6.05. The van der Waals surface area contributed by atoms with E-state index in [9.17, 15) is 10.2 Å². The van der Waals surface area contributed by atoms with E-state index in [4.69, 9.17) is 5.84 Å². The predicted octanol–water partition coefficient (Wildman–Crippen LogP) is 2.87. The van der Waals surface area contributed by atoms with Crippen LogP contribution in [0.3, 0.4) is 0 Å². The van der Waals surface area contributed by atoms with Crippen molar-refractivity contribution in [2.75, 3.05) is 6.54 Å². The van der Waals surface area contributed by atoms with Gasteiger partial charge in [0.25, 0.3) is 0 Å². The second-order valence-electron chi connectivity index (χ2n) is 9.96. The Bertz CT molecular complexity index is 669. The molecule has 29 heavy (non-hydrogen) atoms. The number of aliphatic hydroxyl groups is 2. The van der Waals surface area contributed by atoms with Crippen molar-refractivity contribution in [3.05, 3.63) is 35.5 Å². The van der Waals surface area contributed by atoms with Gasteiger partial charge in [-0.25, -0.2) is 0 Å². The van der Waals surface area contributed by atoms with E-state index in [1.807, 2.05) is 0 Å². The zero-order valence-corrected chi connectivity index (χ0v) is 18.0. The molecule has 0 aromatic rings. The lowest BCUT2D eigenvalue weighted by Crippen LogP contribution is -2.59. The molecule has 7 atom stereocenters. The van der Waals surface area contributed by atoms with Crippen LogP contribution in [0.5, 0.6) is 0 Å². The number of aliphatic hydroxyl groups excluding tert-OH is 2. The van der Waals surface area contributed by atoms with Crippen LogP contribution in [0, 0.1) is 23.7 Å². The fourth-order valence-electron chi connectivity index (χ4n) is 6.05. The Balaban J connectivity index is 1.62. The van der Waals surface area contributed by atoms with Gasteiger partial charge < -0.3 is 10.2 Å². The summed E-state index contributed by atoms with van der Waals surface area (Å²) < 4.78 is 0. The number of nitrogens with two attached hydrogens (primary N) is 1. The normalized spacial score (nSPS) is 37.5. The van der Waals surface area contributed by atoms with E-state index < -0.39 is 0 Å². The molecule has 0 spiro atoms. The molecule has 0 aromatic heterocycles. The van der Waals surface area contributed by atoms with Crippen LogP contribution in [0.2, 0.25) is 0 Å². The third-order valence-corrected chi connectivity index (χ3v) is 7.61. The van der Waals surface area contributed by atoms with Gasteiger partial charge in [0, 0.05) is 18.6 Å². The number of allylic oxidation sites excluding steroid dienone is 3. The summed E-state index contributed by atoms with van der Waals surface area (Å²) in [6.45, 7) is 5.34. The van der Waals surface area contributed by atoms with E-state index in [0.29, 0.717) is 35.8 Å². The zero-order valence-electron chi connectivity index (χ0n) is 18.0. The van der Waals surface area contributed by atoms with E-state index in [1.54, 1.807) is 0 Å². The monoisotopic (exact) mass is 401 g/mol. The van der Waals surface area contributed by atoms with Crippen molar-refractivity contribution >= 4 is 0 Å². The lowest BCUT2D eigenvalue weighted by Gasteiger charge is -2.53. The van der Waals surface area contributed by atoms with Crippen LogP contribution in [0.1, 0.15) is 58.8 Å². The average Bonchev–Trinajstić information content (AvgIpc) is 3.53. The van der Waals surface area contributed by atoms with E-state index in [0.717, 1.165) is 51.5 Å². The van der Waals surface area contributed by atoms with Gasteiger partial charge in [0.05, 0.1) is 6.10 Å². The Kier molecular flexibility index (Phi) is 6.62. The number of hydrogen-bond donors (Lipinski definition) is 4. The fraction of sp³-hybridized carbons (Fsp3) is 0.750. The predicted molar refractivity (Wildman–Crippen MR) is 117 cm³/mol. The van der Waals surface area contributed by atoms with Crippen LogP contribution < -0.4 is 11.3 Å². The average molecular weight is 402 g/mol. The highest BCUT2D eigenvalue weighted by Gasteiger charge is 2.48. The van der Waals surface area contributed by atoms with Gasteiger partial charge in [0.1, 0.15) is 6.23 Å². The van der Waals surface area contributed by atoms with E-state index in [1.165, 1.54) is 11.1 Å². The van der Waals surface area contributed by atoms with Crippen molar-refractivity contribution in [3.63, 3.8) is 0 Å². The van der Waals surface area contributed by atoms with Crippen molar-refractivity contribution in [1.29, 1.82) is 0 Å². The van der Waals surface area contributed by atoms with Crippen molar-refractivity contribution in [2.45, 2.75) is 83.2 Å². The van der Waals surface area contributed by atoms with Crippen LogP contribution in [0.4, 0.5) is 0 Å². The summed E-state index contributed by atoms with van der Waals surface area (Å²) in [7, 11) is 0. The van der Waals surface area contributed by atoms with Gasteiger partial charge in [-0.05, 0) is 81.1 Å². The number of piperidine rings is 1. The van der Waals surface area contributed by atoms with Crippen molar-refractivity contribution < 1.29 is 10.2 Å². The maximum absolute atomic E-state index is 11.1. The molecule has 1 heterocycles. The summed E-state index contributed by atoms with van der Waals surface area (Å²) in [5.74, 6) is 7.23. The summed E-state index contributed by atoms with van der Waals surface area (Å²) in [6.07, 6.45) is 15.5. The number of nitrogens with one attached hydrogen (secondary N) is 1. The molecule has 0 bridgehead atoms. The van der Waals surface area contributed by atoms with Gasteiger partial charge in [-0.15, -0.1) is 0 Å². The molecule has 0 amide bonds. The summed E-state index contributed by atoms with van der Waals surface area (Å²) in [5, 5.41) is 21.8. The molecule has 2 fully saturated rings. The molecule has 4 aliphatic rings. The molecule has 5 nitrogen and oxygen atoms in total. The van der Waals surface area contributed by atoms with E-state index >= 15 is 0 Å². The molecular weight excluding hydrogens is 362 g/mol. The molecule has 5 N–H and O–H groups in total. The quantitative estimate of drug-likeness (QED) is 0.300. The maximum Gasteiger partial charge on any atom is 0.110 e. The van der Waals surface area contributed by atoms with Gasteiger partial charge in [0.2, 0.25) is 0 Å². The highest BCUT2D eigenvalue weighted by atomic mass is 16.3. The standard InChI is InChI=1S/C24H39N3O2/c1-15(14-26-25)11-17-7-10-22-21(13-17)20(19-5-3-4-6-23(19)28)12-16(2)27(22)24(29)18-8-9-18/h3-5,13,15-16,18,20-24,26,28-29H,6-12,14,25H2,1-2H3/t15-,16?,20?,21?,22?,23?,24?/m0/s1. The molecule has 3 aliphatic carbocycles. The minimum Gasteiger partial charge on any atom is -0.388 e. The third kappa shape index (κ3) is 4.54. The largest absolute Gasteiger partial charge is 0.388 e. The number of fused-ring (bicyclic) bond motifs is 1. The number of likely N-dealkylation sites (tertiary alicyclic amines) is 1. The van der Waals surface area contributed by atoms with Crippen LogP contribution >= 0.6 is 0 Å². The molecule has 5 heteroatoms. The molecule has 1 aliphatic heterocycles. The van der Waals surface area contributed by atoms with Crippen LogP contribution in [-0.2, 0) is 0 Å². The number of nitrogens with zero attached hydrogens (tertiary/aromatic N) is 1. The second kappa shape index (κ2) is 9.03. The van der Waals surface area contributed by atoms with Crippen LogP contribution in [0.25, 0.3) is 0 Å². The van der Waals surface area contributed by atoms with Gasteiger partial charge in [-0.2, -0.15) is 0 Å². The number of rotatable bonds is 7. The maximum atomic E-state index is 11.1. The van der Waals surface area contributed by atoms with Crippen molar-refractivity contribution in [1.82, 2.24) is 10.3 Å². The summed E-state index contributed by atoms with van der Waals surface area (Å²) >= 11 is 0. The molecule has 0 aromatic carbocycles. The zero-order chi connectivity index (χ0) is 20.5. The first-order valence-corrected chi connectivity index (χ1v) is 11.6. The molecular formula is C24H39N3O2. The molecule has 1 saturated carbocycles. The van der Waals surface area contributed by atoms with Gasteiger partial charge in [-0.3, -0.25) is 16.2 Å². The third-order valence-electron chi connectivity index (χ3n) is 7.61. The Morgan fingerprint density at radius 2 is 2.10 bits per heavy atom. The Hall–Kier alpha value is -0.980. The molecule has 6 unspecified atom stereocenters. The first-order valence-electron chi connectivity index (χ1n) is 11.6. The summed E-state index contributed by atoms with van der Waals surface area (Å²) in [6, 6.07) is 0.705. The minimum atomic E-state index is -0.364. The smallest absolute Gasteiger partial charge is 0.110 e. The highest BCUT2D eigenvalue weighted by Crippen LogP contribution is 2.48. The summed E-state index contributed by atoms with van der Waals surface area (Å²) in [4.78, 5) is 2.43. The Morgan fingerprint density at radius 3 is 2.79 bits per heavy atom. The van der Waals surface area contributed by atoms with E-state index in [-0.39, 0.29) is 12.3 Å². The Morgan fingerprint density at radius 1 is 1.31 bits per heavy atom. The molecule has 1 saturated heterocycles. The van der Waals surface area contributed by atoms with E-state index in [2.05, 4.69) is 48.5 Å². The van der Waals surface area contributed by atoms with Crippen LogP contribution in [-0.4, -0.2) is 46.1 Å². The van der Waals surface area contributed by atoms with Gasteiger partial charge in [-0.1, -0.05) is 36.8 Å². The topological polar surface area (TPSA) is 81.8 Å². The molecule has 0 radical (unpaired) electrons. The van der Waals surface area contributed by atoms with Crippen molar-refractivity contribution in [2.24, 2.45) is 29.5 Å². The van der Waals surface area contributed by atoms with Crippen molar-refractivity contribution in [3.8, 4) is 0 Å². The lowest BCUT2D eigenvalue weighted by atomic mass is 9.66. The highest BCUT2D eigenvalue weighted by molar-refractivity contribution is 5.29. The van der Waals surface area contributed by atoms with Gasteiger partial charge >= 0.3 is 0 Å². The first-order chi connectivity index (χ1) is 14.0. The van der Waals surface area contributed by atoms with Crippen LogP contribution in [0.15, 0.2) is 35.5 Å². The minimum absolute atomic E-state index is 0.307. The van der Waals surface area contributed by atoms with Gasteiger partial charge in [0.15, 0.2) is 0 Å². The Labute approximate surface area is 175 Å². The first kappa shape index (κ1) is 21.3. The number of hydrogen-bond acceptors (Lipinski definition) is 5. The SMILES string of the molecule is CC1CC(C2=CC=CCC2O)C2C=C(C[C@H](C)CNN)CCC2N1C(O)C1CC1. The lowest BCUT2D eigenvalue weighted by molar-refractivity contribution is -0.106. The molecule has 4 rings (SSSR count).